The number of carbonyl (C=O) groups excluding carboxylic acids is 1. The van der Waals surface area contributed by atoms with Crippen LogP contribution in [0, 0.1) is 6.92 Å². The standard InChI is InChI=1S/C39H35ClN2O3/c1-4-6-10-26-15-17-29(18-16-26)42(5-2)30-19-20-33-37(23-30)44-36-21-25(3)35(41-28-12-9-11-27(40)22-28)24-34(36)39(33)32-14-8-7-13-31(32)38(43)45-39/h7-9,11-24,41H,4-6,10H2,1-3H3. The summed E-state index contributed by atoms with van der Waals surface area (Å²) in [7, 11) is 0. The molecule has 226 valence electrons. The zero-order valence-electron chi connectivity index (χ0n) is 25.7. The Labute approximate surface area is 269 Å². The number of aryl methyl sites for hydroxylation is 2. The predicted molar refractivity (Wildman–Crippen MR) is 182 cm³/mol. The minimum Gasteiger partial charge on any atom is -0.456 e. The number of halogens is 1. The summed E-state index contributed by atoms with van der Waals surface area (Å²) in [6.45, 7) is 7.18. The van der Waals surface area contributed by atoms with Gasteiger partial charge in [-0.05, 0) is 98.5 Å². The Morgan fingerprint density at radius 3 is 2.36 bits per heavy atom. The average Bonchev–Trinajstić information content (AvgIpc) is 3.34. The summed E-state index contributed by atoms with van der Waals surface area (Å²) in [5.74, 6) is 0.968. The predicted octanol–water partition coefficient (Wildman–Crippen LogP) is 10.5. The number of rotatable bonds is 8. The third kappa shape index (κ3) is 5.01. The fourth-order valence-electron chi connectivity index (χ4n) is 6.57. The van der Waals surface area contributed by atoms with E-state index in [9.17, 15) is 4.79 Å². The highest BCUT2D eigenvalue weighted by molar-refractivity contribution is 6.30. The van der Waals surface area contributed by atoms with E-state index in [1.165, 1.54) is 18.4 Å². The van der Waals surface area contributed by atoms with Crippen LogP contribution in [0.1, 0.15) is 64.9 Å². The molecule has 0 bridgehead atoms. The first kappa shape index (κ1) is 29.0. The number of carbonyl (C=O) groups is 1. The second kappa shape index (κ2) is 11.6. The fraction of sp³-hybridized carbons (Fsp3) is 0.205. The number of benzene rings is 5. The topological polar surface area (TPSA) is 50.8 Å². The molecule has 2 heterocycles. The van der Waals surface area contributed by atoms with E-state index in [4.69, 9.17) is 21.1 Å². The molecule has 5 aromatic carbocycles. The maximum absolute atomic E-state index is 13.4. The van der Waals surface area contributed by atoms with Gasteiger partial charge in [-0.1, -0.05) is 61.3 Å². The Bertz CT molecular complexity index is 1920. The number of hydrogen-bond acceptors (Lipinski definition) is 5. The second-order valence-corrected chi connectivity index (χ2v) is 12.1. The minimum atomic E-state index is -1.16. The van der Waals surface area contributed by atoms with Crippen molar-refractivity contribution >= 4 is 40.3 Å². The Morgan fingerprint density at radius 2 is 1.58 bits per heavy atom. The van der Waals surface area contributed by atoms with Gasteiger partial charge in [-0.3, -0.25) is 0 Å². The van der Waals surface area contributed by atoms with E-state index in [-0.39, 0.29) is 5.97 Å². The van der Waals surface area contributed by atoms with Crippen molar-refractivity contribution in [2.45, 2.75) is 45.6 Å². The summed E-state index contributed by atoms with van der Waals surface area (Å²) < 4.78 is 13.1. The summed E-state index contributed by atoms with van der Waals surface area (Å²) in [6, 6.07) is 34.3. The first-order valence-electron chi connectivity index (χ1n) is 15.6. The monoisotopic (exact) mass is 614 g/mol. The van der Waals surface area contributed by atoms with E-state index in [2.05, 4.69) is 60.5 Å². The molecule has 0 aromatic heterocycles. The van der Waals surface area contributed by atoms with Crippen LogP contribution in [0.5, 0.6) is 11.5 Å². The van der Waals surface area contributed by atoms with Gasteiger partial charge < -0.3 is 19.7 Å². The number of fused-ring (bicyclic) bond motifs is 6. The number of hydrogen-bond donors (Lipinski definition) is 1. The van der Waals surface area contributed by atoms with Gasteiger partial charge >= 0.3 is 5.97 Å². The van der Waals surface area contributed by atoms with E-state index in [1.54, 1.807) is 0 Å². The Balaban J connectivity index is 1.35. The molecule has 1 spiro atoms. The number of anilines is 4. The molecular weight excluding hydrogens is 580 g/mol. The maximum Gasteiger partial charge on any atom is 0.340 e. The molecule has 0 saturated heterocycles. The highest BCUT2D eigenvalue weighted by Gasteiger charge is 2.53. The van der Waals surface area contributed by atoms with E-state index in [0.29, 0.717) is 22.1 Å². The summed E-state index contributed by atoms with van der Waals surface area (Å²) in [4.78, 5) is 15.7. The van der Waals surface area contributed by atoms with Gasteiger partial charge in [0, 0.05) is 57.1 Å². The van der Waals surface area contributed by atoms with Crippen LogP contribution in [0.2, 0.25) is 5.02 Å². The molecule has 1 unspecified atom stereocenters. The number of ether oxygens (including phenoxy) is 2. The minimum absolute atomic E-state index is 0.350. The van der Waals surface area contributed by atoms with Gasteiger partial charge in [0.1, 0.15) is 11.5 Å². The molecule has 1 atom stereocenters. The first-order chi connectivity index (χ1) is 21.9. The molecule has 2 aliphatic rings. The SMILES string of the molecule is CCCCc1ccc(N(CC)c2ccc3c(c2)Oc2cc(C)c(Nc4cccc(Cl)c4)cc2C32OC(=O)c3ccccc32)cc1. The lowest BCUT2D eigenvalue weighted by molar-refractivity contribution is 0.0224. The summed E-state index contributed by atoms with van der Waals surface area (Å²) in [5.41, 5.74) is 7.97. The van der Waals surface area contributed by atoms with E-state index < -0.39 is 5.60 Å². The highest BCUT2D eigenvalue weighted by atomic mass is 35.5. The van der Waals surface area contributed by atoms with Crippen LogP contribution in [0.3, 0.4) is 0 Å². The normalized spacial score (nSPS) is 16.0. The van der Waals surface area contributed by atoms with Crippen LogP contribution in [-0.4, -0.2) is 12.5 Å². The molecule has 7 rings (SSSR count). The van der Waals surface area contributed by atoms with Crippen LogP contribution in [-0.2, 0) is 16.8 Å². The van der Waals surface area contributed by atoms with E-state index in [0.717, 1.165) is 58.0 Å². The number of esters is 1. The molecule has 0 saturated carbocycles. The van der Waals surface area contributed by atoms with Gasteiger partial charge in [0.25, 0.3) is 0 Å². The Morgan fingerprint density at radius 1 is 0.800 bits per heavy atom. The lowest BCUT2D eigenvalue weighted by Gasteiger charge is -2.38. The maximum atomic E-state index is 13.4. The molecule has 5 aromatic rings. The van der Waals surface area contributed by atoms with Crippen molar-refractivity contribution in [2.24, 2.45) is 0 Å². The highest BCUT2D eigenvalue weighted by Crippen LogP contribution is 2.57. The molecule has 45 heavy (non-hydrogen) atoms. The summed E-state index contributed by atoms with van der Waals surface area (Å²) in [5, 5.41) is 4.15. The molecular formula is C39H35ClN2O3. The van der Waals surface area contributed by atoms with Gasteiger partial charge in [0.2, 0.25) is 0 Å². The number of unbranched alkanes of at least 4 members (excludes halogenated alkanes) is 1. The van der Waals surface area contributed by atoms with Crippen molar-refractivity contribution in [1.82, 2.24) is 0 Å². The van der Waals surface area contributed by atoms with Crippen molar-refractivity contribution in [3.8, 4) is 11.5 Å². The summed E-state index contributed by atoms with van der Waals surface area (Å²) >= 11 is 6.28. The zero-order valence-corrected chi connectivity index (χ0v) is 26.4. The zero-order chi connectivity index (χ0) is 31.1. The molecule has 2 aliphatic heterocycles. The molecule has 5 nitrogen and oxygen atoms in total. The van der Waals surface area contributed by atoms with Crippen LogP contribution in [0.15, 0.2) is 103 Å². The van der Waals surface area contributed by atoms with Gasteiger partial charge in [0.05, 0.1) is 5.56 Å². The number of nitrogens with zero attached hydrogens (tertiary/aromatic N) is 1. The smallest absolute Gasteiger partial charge is 0.340 e. The fourth-order valence-corrected chi connectivity index (χ4v) is 6.76. The van der Waals surface area contributed by atoms with Crippen LogP contribution < -0.4 is 15.0 Å². The Hall–Kier alpha value is -4.74. The van der Waals surface area contributed by atoms with Crippen molar-refractivity contribution < 1.29 is 14.3 Å². The quantitative estimate of drug-likeness (QED) is 0.176. The van der Waals surface area contributed by atoms with Crippen LogP contribution in [0.4, 0.5) is 22.7 Å². The average molecular weight is 615 g/mol. The second-order valence-electron chi connectivity index (χ2n) is 11.7. The van der Waals surface area contributed by atoms with Gasteiger partial charge in [0.15, 0.2) is 5.60 Å². The van der Waals surface area contributed by atoms with Gasteiger partial charge in [-0.15, -0.1) is 0 Å². The van der Waals surface area contributed by atoms with Crippen molar-refractivity contribution in [1.29, 1.82) is 0 Å². The third-order valence-electron chi connectivity index (χ3n) is 8.84. The van der Waals surface area contributed by atoms with Crippen molar-refractivity contribution in [3.05, 3.63) is 142 Å². The molecule has 0 amide bonds. The molecule has 0 radical (unpaired) electrons. The third-order valence-corrected chi connectivity index (χ3v) is 9.08. The van der Waals surface area contributed by atoms with Gasteiger partial charge in [-0.25, -0.2) is 4.79 Å². The molecule has 6 heteroatoms. The lowest BCUT2D eigenvalue weighted by atomic mass is 9.77. The molecule has 1 N–H and O–H groups in total. The molecule has 0 aliphatic carbocycles. The molecule has 0 fully saturated rings. The van der Waals surface area contributed by atoms with Crippen LogP contribution in [0.25, 0.3) is 0 Å². The van der Waals surface area contributed by atoms with Gasteiger partial charge in [-0.2, -0.15) is 0 Å². The van der Waals surface area contributed by atoms with E-state index in [1.807, 2.05) is 73.7 Å². The number of nitrogens with one attached hydrogen (secondary N) is 1. The van der Waals surface area contributed by atoms with Crippen molar-refractivity contribution in [3.63, 3.8) is 0 Å². The summed E-state index contributed by atoms with van der Waals surface area (Å²) in [6.07, 6.45) is 3.46. The van der Waals surface area contributed by atoms with Crippen molar-refractivity contribution in [2.75, 3.05) is 16.8 Å². The van der Waals surface area contributed by atoms with Crippen LogP contribution >= 0.6 is 11.6 Å². The largest absolute Gasteiger partial charge is 0.456 e. The lowest BCUT2D eigenvalue weighted by Crippen LogP contribution is -2.33. The van der Waals surface area contributed by atoms with E-state index >= 15 is 0 Å². The Kier molecular flexibility index (Phi) is 7.50. The first-order valence-corrected chi connectivity index (χ1v) is 16.0.